The highest BCUT2D eigenvalue weighted by Crippen LogP contribution is 2.34. The smallest absolute Gasteiger partial charge is 0.140 e. The summed E-state index contributed by atoms with van der Waals surface area (Å²) in [5, 5.41) is 14.9. The largest absolute Gasteiger partial charge is 0.485 e. The fraction of sp³-hybridized carbons (Fsp3) is 0.188. The Kier molecular flexibility index (Phi) is 3.67. The fourth-order valence-electron chi connectivity index (χ4n) is 2.21. The minimum Gasteiger partial charge on any atom is -0.485 e. The molecule has 1 N–H and O–H groups in total. The van der Waals surface area contributed by atoms with Crippen LogP contribution in [0.15, 0.2) is 48.0 Å². The molecule has 0 fully saturated rings. The van der Waals surface area contributed by atoms with Gasteiger partial charge in [0.15, 0.2) is 0 Å². The van der Waals surface area contributed by atoms with Gasteiger partial charge in [0.05, 0.1) is 6.10 Å². The monoisotopic (exact) mass is 285 g/mol. The van der Waals surface area contributed by atoms with Gasteiger partial charge in [-0.3, -0.25) is 0 Å². The molecule has 0 aliphatic rings. The normalized spacial score (nSPS) is 12.5. The summed E-state index contributed by atoms with van der Waals surface area (Å²) < 4.78 is 5.94. The molecule has 0 amide bonds. The second kappa shape index (κ2) is 5.61. The molecule has 1 aromatic heterocycles. The number of nitrogens with zero attached hydrogens (tertiary/aromatic N) is 1. The molecule has 1 atom stereocenters. The first-order chi connectivity index (χ1) is 9.75. The van der Waals surface area contributed by atoms with Crippen molar-refractivity contribution < 1.29 is 9.84 Å². The van der Waals surface area contributed by atoms with E-state index >= 15 is 0 Å². The second-order valence-electron chi connectivity index (χ2n) is 4.60. The van der Waals surface area contributed by atoms with E-state index in [1.54, 1.807) is 24.5 Å². The van der Waals surface area contributed by atoms with Crippen molar-refractivity contribution in [1.29, 1.82) is 0 Å². The Morgan fingerprint density at radius 1 is 1.25 bits per heavy atom. The van der Waals surface area contributed by atoms with Crippen molar-refractivity contribution in [2.24, 2.45) is 0 Å². The Balaban J connectivity index is 2.03. The van der Waals surface area contributed by atoms with Gasteiger partial charge in [-0.1, -0.05) is 36.4 Å². The third kappa shape index (κ3) is 2.53. The summed E-state index contributed by atoms with van der Waals surface area (Å²) >= 11 is 1.56. The lowest BCUT2D eigenvalue weighted by Crippen LogP contribution is -2.01. The molecule has 2 aromatic carbocycles. The standard InChI is InChI=1S/C16H15NO2S/c1-11(18)13-7-6-12-4-2-3-5-14(12)16(13)19-10-15-17-8-9-20-15/h2-9,11,18H,10H2,1H3/t11-/m0/s1. The average Bonchev–Trinajstić information content (AvgIpc) is 2.97. The molecule has 0 saturated heterocycles. The molecule has 0 aliphatic heterocycles. The fourth-order valence-corrected chi connectivity index (χ4v) is 2.74. The van der Waals surface area contributed by atoms with Gasteiger partial charge >= 0.3 is 0 Å². The Labute approximate surface area is 121 Å². The van der Waals surface area contributed by atoms with E-state index < -0.39 is 6.10 Å². The van der Waals surface area contributed by atoms with Crippen LogP contribution in [0, 0.1) is 0 Å². The lowest BCUT2D eigenvalue weighted by molar-refractivity contribution is 0.191. The minimum absolute atomic E-state index is 0.422. The Morgan fingerprint density at radius 2 is 2.10 bits per heavy atom. The molecule has 0 spiro atoms. The van der Waals surface area contributed by atoms with Crippen molar-refractivity contribution in [2.75, 3.05) is 0 Å². The van der Waals surface area contributed by atoms with E-state index in [0.717, 1.165) is 27.1 Å². The van der Waals surface area contributed by atoms with Gasteiger partial charge in [-0.25, -0.2) is 4.98 Å². The SMILES string of the molecule is C[C@H](O)c1ccc2ccccc2c1OCc1nccs1. The number of ether oxygens (including phenoxy) is 1. The summed E-state index contributed by atoms with van der Waals surface area (Å²) in [5.41, 5.74) is 0.806. The molecule has 0 bridgehead atoms. The molecule has 4 heteroatoms. The van der Waals surface area contributed by atoms with Crippen LogP contribution < -0.4 is 4.74 Å². The van der Waals surface area contributed by atoms with Crippen molar-refractivity contribution >= 4 is 22.1 Å². The maximum absolute atomic E-state index is 9.93. The first kappa shape index (κ1) is 13.1. The van der Waals surface area contributed by atoms with Crippen molar-refractivity contribution in [3.05, 3.63) is 58.5 Å². The third-order valence-corrected chi connectivity index (χ3v) is 3.94. The summed E-state index contributed by atoms with van der Waals surface area (Å²) in [7, 11) is 0. The predicted molar refractivity (Wildman–Crippen MR) is 81.0 cm³/mol. The zero-order chi connectivity index (χ0) is 13.9. The molecule has 102 valence electrons. The molecule has 0 aliphatic carbocycles. The van der Waals surface area contributed by atoms with E-state index in [9.17, 15) is 5.11 Å². The lowest BCUT2D eigenvalue weighted by atomic mass is 10.0. The van der Waals surface area contributed by atoms with Gasteiger partial charge in [-0.2, -0.15) is 0 Å². The van der Waals surface area contributed by atoms with Crippen molar-refractivity contribution in [3.8, 4) is 5.75 Å². The van der Waals surface area contributed by atoms with E-state index in [2.05, 4.69) is 4.98 Å². The van der Waals surface area contributed by atoms with Crippen LogP contribution in [0.5, 0.6) is 5.75 Å². The second-order valence-corrected chi connectivity index (χ2v) is 5.57. The predicted octanol–water partition coefficient (Wildman–Crippen LogP) is 3.93. The Morgan fingerprint density at radius 3 is 2.85 bits per heavy atom. The minimum atomic E-state index is -0.564. The van der Waals surface area contributed by atoms with Gasteiger partial charge in [0.2, 0.25) is 0 Å². The third-order valence-electron chi connectivity index (χ3n) is 3.18. The van der Waals surface area contributed by atoms with Crippen LogP contribution in [-0.4, -0.2) is 10.1 Å². The van der Waals surface area contributed by atoms with Crippen LogP contribution in [-0.2, 0) is 6.61 Å². The molecular weight excluding hydrogens is 270 g/mol. The number of hydrogen-bond donors (Lipinski definition) is 1. The van der Waals surface area contributed by atoms with E-state index in [0.29, 0.717) is 6.61 Å². The van der Waals surface area contributed by atoms with Crippen molar-refractivity contribution in [1.82, 2.24) is 4.98 Å². The highest BCUT2D eigenvalue weighted by atomic mass is 32.1. The number of thiazole rings is 1. The van der Waals surface area contributed by atoms with Crippen LogP contribution in [0.2, 0.25) is 0 Å². The zero-order valence-corrected chi connectivity index (χ0v) is 11.9. The molecule has 3 rings (SSSR count). The molecule has 1 heterocycles. The van der Waals surface area contributed by atoms with Gasteiger partial charge in [0.1, 0.15) is 17.4 Å². The quantitative estimate of drug-likeness (QED) is 0.789. The first-order valence-electron chi connectivity index (χ1n) is 6.46. The van der Waals surface area contributed by atoms with Gasteiger partial charge in [-0.05, 0) is 12.3 Å². The average molecular weight is 285 g/mol. The molecule has 3 aromatic rings. The summed E-state index contributed by atoms with van der Waals surface area (Å²) in [5.74, 6) is 0.744. The van der Waals surface area contributed by atoms with E-state index in [1.807, 2.05) is 41.8 Å². The molecule has 0 unspecified atom stereocenters. The van der Waals surface area contributed by atoms with Gasteiger partial charge in [-0.15, -0.1) is 11.3 Å². The maximum Gasteiger partial charge on any atom is 0.140 e. The van der Waals surface area contributed by atoms with Crippen molar-refractivity contribution in [3.63, 3.8) is 0 Å². The van der Waals surface area contributed by atoms with Crippen LogP contribution in [0.4, 0.5) is 0 Å². The topological polar surface area (TPSA) is 42.4 Å². The molecule has 20 heavy (non-hydrogen) atoms. The van der Waals surface area contributed by atoms with Gasteiger partial charge in [0, 0.05) is 22.5 Å². The summed E-state index contributed by atoms with van der Waals surface area (Å²) in [4.78, 5) is 4.22. The van der Waals surface area contributed by atoms with E-state index in [4.69, 9.17) is 4.74 Å². The Bertz CT molecular complexity index is 708. The van der Waals surface area contributed by atoms with Crippen LogP contribution in [0.1, 0.15) is 23.6 Å². The molecule has 3 nitrogen and oxygen atoms in total. The summed E-state index contributed by atoms with van der Waals surface area (Å²) in [6.07, 6.45) is 1.20. The number of aromatic nitrogens is 1. The number of rotatable bonds is 4. The van der Waals surface area contributed by atoms with Gasteiger partial charge < -0.3 is 9.84 Å². The molecular formula is C16H15NO2S. The first-order valence-corrected chi connectivity index (χ1v) is 7.34. The number of aliphatic hydroxyl groups excluding tert-OH is 1. The summed E-state index contributed by atoms with van der Waals surface area (Å²) in [6.45, 7) is 2.17. The maximum atomic E-state index is 9.93. The zero-order valence-electron chi connectivity index (χ0n) is 11.1. The number of hydrogen-bond acceptors (Lipinski definition) is 4. The molecule has 0 saturated carbocycles. The number of aliphatic hydroxyl groups is 1. The van der Waals surface area contributed by atoms with Gasteiger partial charge in [0.25, 0.3) is 0 Å². The van der Waals surface area contributed by atoms with E-state index in [1.165, 1.54) is 0 Å². The van der Waals surface area contributed by atoms with Crippen molar-refractivity contribution in [2.45, 2.75) is 19.6 Å². The number of fused-ring (bicyclic) bond motifs is 1. The highest BCUT2D eigenvalue weighted by Gasteiger charge is 2.13. The highest BCUT2D eigenvalue weighted by molar-refractivity contribution is 7.09. The van der Waals surface area contributed by atoms with E-state index in [-0.39, 0.29) is 0 Å². The summed E-state index contributed by atoms with van der Waals surface area (Å²) in [6, 6.07) is 12.0. The van der Waals surface area contributed by atoms with Crippen LogP contribution in [0.3, 0.4) is 0 Å². The lowest BCUT2D eigenvalue weighted by Gasteiger charge is -2.15. The Hall–Kier alpha value is -1.91. The molecule has 0 radical (unpaired) electrons. The van der Waals surface area contributed by atoms with Crippen LogP contribution in [0.25, 0.3) is 10.8 Å². The van der Waals surface area contributed by atoms with Crippen LogP contribution >= 0.6 is 11.3 Å². The number of benzene rings is 2.